The second kappa shape index (κ2) is 14.8. The average Bonchev–Trinajstić information content (AvgIpc) is 3.52. The van der Waals surface area contributed by atoms with Crippen LogP contribution in [0, 0.1) is 0 Å². The highest BCUT2D eigenvalue weighted by atomic mass is 16.5. The molecule has 1 N–H and O–H groups in total. The molecule has 3 aliphatic rings. The first kappa shape index (κ1) is 32.9. The summed E-state index contributed by atoms with van der Waals surface area (Å²) >= 11 is 0. The zero-order valence-electron chi connectivity index (χ0n) is 27.3. The van der Waals surface area contributed by atoms with Crippen molar-refractivity contribution in [2.75, 3.05) is 20.8 Å². The Morgan fingerprint density at radius 2 is 1.59 bits per heavy atom. The Kier molecular flexibility index (Phi) is 10.6. The summed E-state index contributed by atoms with van der Waals surface area (Å²) in [6.45, 7) is 6.26. The molecule has 0 saturated heterocycles. The molecule has 2 heterocycles. The van der Waals surface area contributed by atoms with Crippen LogP contribution in [0.5, 0.6) is 0 Å². The number of esters is 2. The highest BCUT2D eigenvalue weighted by molar-refractivity contribution is 6.07. The lowest BCUT2D eigenvalue weighted by Gasteiger charge is -2.37. The Hall–Kier alpha value is -4.46. The van der Waals surface area contributed by atoms with Gasteiger partial charge in [-0.25, -0.2) is 14.6 Å². The van der Waals surface area contributed by atoms with E-state index < -0.39 is 23.4 Å². The predicted molar refractivity (Wildman–Crippen MR) is 180 cm³/mol. The summed E-state index contributed by atoms with van der Waals surface area (Å²) in [5.74, 6) is -1.34. The van der Waals surface area contributed by atoms with E-state index >= 15 is 0 Å². The van der Waals surface area contributed by atoms with Gasteiger partial charge in [-0.3, -0.25) is 4.79 Å². The second-order valence-electron chi connectivity index (χ2n) is 12.3. The SMILES string of the molecule is C=CCCCCCCCCCCNC(=O)Cc1ccc2c(c1)C1(C(C(=O)OC)=C(C(=O)OC)N3N=C(C)C=CC31)c1ccccc1-2. The average molecular weight is 624 g/mol. The number of hydrogen-bond donors (Lipinski definition) is 1. The molecule has 0 bridgehead atoms. The van der Waals surface area contributed by atoms with Crippen LogP contribution in [0.4, 0.5) is 0 Å². The van der Waals surface area contributed by atoms with Gasteiger partial charge in [-0.15, -0.1) is 6.58 Å². The van der Waals surface area contributed by atoms with Gasteiger partial charge >= 0.3 is 11.9 Å². The van der Waals surface area contributed by atoms with E-state index in [1.165, 1.54) is 52.7 Å². The summed E-state index contributed by atoms with van der Waals surface area (Å²) in [6, 6.07) is 13.4. The van der Waals surface area contributed by atoms with Crippen LogP contribution in [0.25, 0.3) is 11.1 Å². The molecule has 0 radical (unpaired) electrons. The molecule has 46 heavy (non-hydrogen) atoms. The van der Waals surface area contributed by atoms with Crippen molar-refractivity contribution in [2.45, 2.75) is 82.6 Å². The molecular weight excluding hydrogens is 578 g/mol. The van der Waals surface area contributed by atoms with Gasteiger partial charge in [-0.05, 0) is 60.1 Å². The first-order chi connectivity index (χ1) is 22.4. The minimum absolute atomic E-state index is 0.0449. The van der Waals surface area contributed by atoms with Crippen LogP contribution < -0.4 is 5.32 Å². The van der Waals surface area contributed by atoms with Crippen LogP contribution in [-0.4, -0.2) is 55.4 Å². The second-order valence-corrected chi connectivity index (χ2v) is 12.3. The zero-order valence-corrected chi connectivity index (χ0v) is 27.3. The number of rotatable bonds is 15. The number of hydrazone groups is 1. The Labute approximate surface area is 272 Å². The smallest absolute Gasteiger partial charge is 0.356 e. The molecular formula is C38H45N3O5. The molecule has 1 aliphatic carbocycles. The molecule has 1 spiro atoms. The maximum atomic E-state index is 13.7. The molecule has 0 fully saturated rings. The van der Waals surface area contributed by atoms with Gasteiger partial charge in [-0.1, -0.05) is 93.1 Å². The summed E-state index contributed by atoms with van der Waals surface area (Å²) in [5.41, 5.74) is 4.23. The summed E-state index contributed by atoms with van der Waals surface area (Å²) in [6.07, 6.45) is 16.7. The van der Waals surface area contributed by atoms with E-state index in [9.17, 15) is 14.4 Å². The highest BCUT2D eigenvalue weighted by Crippen LogP contribution is 2.60. The number of amides is 1. The molecule has 0 saturated carbocycles. The van der Waals surface area contributed by atoms with Gasteiger partial charge in [-0.2, -0.15) is 5.10 Å². The molecule has 8 heteroatoms. The molecule has 5 rings (SSSR count). The number of nitrogens with zero attached hydrogens (tertiary/aromatic N) is 2. The van der Waals surface area contributed by atoms with Crippen LogP contribution in [0.15, 0.2) is 83.6 Å². The van der Waals surface area contributed by atoms with Gasteiger partial charge in [0.05, 0.1) is 43.4 Å². The Balaban J connectivity index is 1.38. The first-order valence-corrected chi connectivity index (χ1v) is 16.4. The van der Waals surface area contributed by atoms with Crippen LogP contribution in [-0.2, 0) is 35.7 Å². The molecule has 242 valence electrons. The van der Waals surface area contributed by atoms with E-state index in [0.717, 1.165) is 47.1 Å². The van der Waals surface area contributed by atoms with E-state index in [0.29, 0.717) is 12.3 Å². The number of allylic oxidation sites excluding steroid dienone is 2. The van der Waals surface area contributed by atoms with Crippen LogP contribution in [0.1, 0.15) is 81.4 Å². The highest BCUT2D eigenvalue weighted by Gasteiger charge is 2.63. The van der Waals surface area contributed by atoms with Crippen LogP contribution in [0.3, 0.4) is 0 Å². The summed E-state index contributed by atoms with van der Waals surface area (Å²) in [7, 11) is 2.61. The van der Waals surface area contributed by atoms with Gasteiger partial charge < -0.3 is 14.8 Å². The summed E-state index contributed by atoms with van der Waals surface area (Å²) < 4.78 is 10.5. The third-order valence-electron chi connectivity index (χ3n) is 9.29. The van der Waals surface area contributed by atoms with Gasteiger partial charge in [0.25, 0.3) is 0 Å². The number of carbonyl (C=O) groups excluding carboxylic acids is 3. The first-order valence-electron chi connectivity index (χ1n) is 16.4. The number of benzene rings is 2. The van der Waals surface area contributed by atoms with Crippen LogP contribution >= 0.6 is 0 Å². The minimum atomic E-state index is -1.11. The largest absolute Gasteiger partial charge is 0.466 e. The maximum Gasteiger partial charge on any atom is 0.356 e. The van der Waals surface area contributed by atoms with Crippen molar-refractivity contribution < 1.29 is 23.9 Å². The monoisotopic (exact) mass is 623 g/mol. The number of unbranched alkanes of at least 4 members (excludes halogenated alkanes) is 8. The quantitative estimate of drug-likeness (QED) is 0.138. The Bertz CT molecular complexity index is 1590. The molecule has 8 nitrogen and oxygen atoms in total. The van der Waals surface area contributed by atoms with Gasteiger partial charge in [0.2, 0.25) is 5.91 Å². The van der Waals surface area contributed by atoms with Crippen molar-refractivity contribution in [3.05, 3.63) is 95.2 Å². The van der Waals surface area contributed by atoms with E-state index in [1.54, 1.807) is 5.01 Å². The zero-order chi connectivity index (χ0) is 32.7. The van der Waals surface area contributed by atoms with Crippen molar-refractivity contribution in [2.24, 2.45) is 5.10 Å². The van der Waals surface area contributed by atoms with Gasteiger partial charge in [0, 0.05) is 6.54 Å². The topological polar surface area (TPSA) is 97.3 Å². The van der Waals surface area contributed by atoms with Crippen molar-refractivity contribution in [3.63, 3.8) is 0 Å². The van der Waals surface area contributed by atoms with E-state index in [2.05, 4.69) is 11.9 Å². The van der Waals surface area contributed by atoms with E-state index in [4.69, 9.17) is 14.6 Å². The molecule has 0 aromatic heterocycles. The molecule has 2 aromatic rings. The normalized spacial score (nSPS) is 19.0. The van der Waals surface area contributed by atoms with Gasteiger partial charge in [0.1, 0.15) is 0 Å². The summed E-state index contributed by atoms with van der Waals surface area (Å²) in [5, 5.41) is 9.39. The lowest BCUT2D eigenvalue weighted by Crippen LogP contribution is -2.45. The number of fused-ring (bicyclic) bond motifs is 7. The van der Waals surface area contributed by atoms with E-state index in [-0.39, 0.29) is 23.6 Å². The fraction of sp³-hybridized carbons (Fsp3) is 0.421. The fourth-order valence-electron chi connectivity index (χ4n) is 7.20. The fourth-order valence-corrected chi connectivity index (χ4v) is 7.20. The van der Waals surface area contributed by atoms with Crippen molar-refractivity contribution in [1.82, 2.24) is 10.3 Å². The maximum absolute atomic E-state index is 13.7. The van der Waals surface area contributed by atoms with Gasteiger partial charge in [0.15, 0.2) is 5.70 Å². The number of hydrogen-bond acceptors (Lipinski definition) is 7. The predicted octanol–water partition coefficient (Wildman–Crippen LogP) is 6.54. The van der Waals surface area contributed by atoms with E-state index in [1.807, 2.05) is 67.6 Å². The molecule has 2 unspecified atom stereocenters. The molecule has 2 aliphatic heterocycles. The minimum Gasteiger partial charge on any atom is -0.466 e. The van der Waals surface area contributed by atoms with Crippen molar-refractivity contribution in [1.29, 1.82) is 0 Å². The number of methoxy groups -OCH3 is 2. The number of ether oxygens (including phenoxy) is 2. The molecule has 2 atom stereocenters. The Morgan fingerprint density at radius 3 is 2.30 bits per heavy atom. The van der Waals surface area contributed by atoms with Crippen molar-refractivity contribution >= 4 is 23.6 Å². The van der Waals surface area contributed by atoms with Crippen molar-refractivity contribution in [3.8, 4) is 11.1 Å². The lowest BCUT2D eigenvalue weighted by molar-refractivity contribution is -0.140. The molecule has 1 amide bonds. The lowest BCUT2D eigenvalue weighted by atomic mass is 9.67. The standard InChI is InChI=1S/C38H45N3O5/c1-5-6-7-8-9-10-11-12-13-16-23-39-33(42)25-27-20-21-29-28-17-14-15-18-30(28)38(31(29)24-27)32-22-19-26(2)40-41(32)35(37(44)46-4)34(38)36(43)45-3/h5,14-15,17-22,24,32H,1,6-13,16,23,25H2,2-4H3,(H,39,42). The Morgan fingerprint density at radius 1 is 0.913 bits per heavy atom. The van der Waals surface area contributed by atoms with Crippen LogP contribution in [0.2, 0.25) is 0 Å². The number of nitrogens with one attached hydrogen (secondary N) is 1. The third kappa shape index (κ3) is 6.17. The molecule has 2 aromatic carbocycles. The third-order valence-corrected chi connectivity index (χ3v) is 9.29. The summed E-state index contributed by atoms with van der Waals surface area (Å²) in [4.78, 5) is 40.2. The number of carbonyl (C=O) groups is 3.